The van der Waals surface area contributed by atoms with E-state index < -0.39 is 5.97 Å². The van der Waals surface area contributed by atoms with Crippen LogP contribution >= 0.6 is 0 Å². The van der Waals surface area contributed by atoms with Gasteiger partial charge in [0.25, 0.3) is 0 Å². The Labute approximate surface area is 136 Å². The van der Waals surface area contributed by atoms with Crippen LogP contribution in [0.5, 0.6) is 0 Å². The van der Waals surface area contributed by atoms with Gasteiger partial charge in [0, 0.05) is 12.1 Å². The van der Waals surface area contributed by atoms with Gasteiger partial charge in [0.1, 0.15) is 0 Å². The second kappa shape index (κ2) is 7.58. The fraction of sp³-hybridized carbons (Fsp3) is 0.263. The summed E-state index contributed by atoms with van der Waals surface area (Å²) in [6.07, 6.45) is 1.03. The SMILES string of the molecule is Cc1cc(C)cc(CCC(=O)Nc2cccc(CC(=O)O)c2)c1. The molecule has 0 aromatic heterocycles. The van der Waals surface area contributed by atoms with E-state index in [4.69, 9.17) is 5.11 Å². The molecule has 0 heterocycles. The van der Waals surface area contributed by atoms with E-state index in [9.17, 15) is 9.59 Å². The van der Waals surface area contributed by atoms with Crippen molar-refractivity contribution in [1.29, 1.82) is 0 Å². The molecule has 0 aliphatic rings. The maximum absolute atomic E-state index is 12.1. The first kappa shape index (κ1) is 16.7. The van der Waals surface area contributed by atoms with Gasteiger partial charge in [0.05, 0.1) is 6.42 Å². The van der Waals surface area contributed by atoms with Crippen LogP contribution in [0.2, 0.25) is 0 Å². The summed E-state index contributed by atoms with van der Waals surface area (Å²) in [6.45, 7) is 4.09. The van der Waals surface area contributed by atoms with Gasteiger partial charge in [-0.3, -0.25) is 9.59 Å². The van der Waals surface area contributed by atoms with E-state index >= 15 is 0 Å². The van der Waals surface area contributed by atoms with Crippen molar-refractivity contribution in [2.75, 3.05) is 5.32 Å². The predicted octanol–water partition coefficient (Wildman–Crippen LogP) is 3.50. The van der Waals surface area contributed by atoms with E-state index in [1.165, 1.54) is 11.1 Å². The van der Waals surface area contributed by atoms with Gasteiger partial charge in [0.2, 0.25) is 5.91 Å². The Morgan fingerprint density at radius 2 is 1.70 bits per heavy atom. The molecule has 0 saturated carbocycles. The van der Waals surface area contributed by atoms with E-state index in [0.717, 1.165) is 5.56 Å². The Morgan fingerprint density at radius 3 is 2.35 bits per heavy atom. The summed E-state index contributed by atoms with van der Waals surface area (Å²) in [5.74, 6) is -0.958. The third-order valence-electron chi connectivity index (χ3n) is 3.49. The molecule has 0 atom stereocenters. The highest BCUT2D eigenvalue weighted by molar-refractivity contribution is 5.91. The third-order valence-corrected chi connectivity index (χ3v) is 3.49. The van der Waals surface area contributed by atoms with Gasteiger partial charge in [0.15, 0.2) is 0 Å². The van der Waals surface area contributed by atoms with E-state index in [2.05, 4.69) is 23.5 Å². The number of amides is 1. The Morgan fingerprint density at radius 1 is 1.00 bits per heavy atom. The molecule has 2 aromatic rings. The number of carbonyl (C=O) groups is 2. The van der Waals surface area contributed by atoms with Crippen molar-refractivity contribution >= 4 is 17.6 Å². The average Bonchev–Trinajstić information content (AvgIpc) is 2.44. The number of carbonyl (C=O) groups excluding carboxylic acids is 1. The fourth-order valence-corrected chi connectivity index (χ4v) is 2.63. The van der Waals surface area contributed by atoms with Crippen LogP contribution in [-0.2, 0) is 22.4 Å². The molecule has 23 heavy (non-hydrogen) atoms. The smallest absolute Gasteiger partial charge is 0.307 e. The highest BCUT2D eigenvalue weighted by Gasteiger charge is 2.06. The van der Waals surface area contributed by atoms with Crippen molar-refractivity contribution < 1.29 is 14.7 Å². The number of hydrogen-bond donors (Lipinski definition) is 2. The van der Waals surface area contributed by atoms with Crippen molar-refractivity contribution in [3.8, 4) is 0 Å². The second-order valence-corrected chi connectivity index (χ2v) is 5.82. The average molecular weight is 311 g/mol. The number of carboxylic acid groups (broad SMARTS) is 1. The highest BCUT2D eigenvalue weighted by Crippen LogP contribution is 2.14. The van der Waals surface area contributed by atoms with Gasteiger partial charge < -0.3 is 10.4 Å². The summed E-state index contributed by atoms with van der Waals surface area (Å²) in [6, 6.07) is 13.2. The van der Waals surface area contributed by atoms with Crippen LogP contribution in [0, 0.1) is 13.8 Å². The maximum Gasteiger partial charge on any atom is 0.307 e. The number of anilines is 1. The number of aliphatic carboxylic acids is 1. The molecule has 0 saturated heterocycles. The highest BCUT2D eigenvalue weighted by atomic mass is 16.4. The molecule has 2 aromatic carbocycles. The Balaban J connectivity index is 1.93. The lowest BCUT2D eigenvalue weighted by molar-refractivity contribution is -0.136. The largest absolute Gasteiger partial charge is 0.481 e. The monoisotopic (exact) mass is 311 g/mol. The zero-order valence-corrected chi connectivity index (χ0v) is 13.4. The summed E-state index contributed by atoms with van der Waals surface area (Å²) in [5.41, 5.74) is 4.85. The first-order valence-electron chi connectivity index (χ1n) is 7.60. The van der Waals surface area contributed by atoms with Crippen molar-refractivity contribution in [3.05, 3.63) is 64.7 Å². The quantitative estimate of drug-likeness (QED) is 0.858. The lowest BCUT2D eigenvalue weighted by atomic mass is 10.0. The van der Waals surface area contributed by atoms with Gasteiger partial charge in [-0.05, 0) is 43.5 Å². The molecular weight excluding hydrogens is 290 g/mol. The lowest BCUT2D eigenvalue weighted by Gasteiger charge is -2.08. The van der Waals surface area contributed by atoms with Crippen LogP contribution in [0.15, 0.2) is 42.5 Å². The molecule has 0 unspecified atom stereocenters. The van der Waals surface area contributed by atoms with Crippen LogP contribution in [-0.4, -0.2) is 17.0 Å². The van der Waals surface area contributed by atoms with E-state index in [-0.39, 0.29) is 12.3 Å². The number of hydrogen-bond acceptors (Lipinski definition) is 2. The van der Waals surface area contributed by atoms with E-state index in [1.807, 2.05) is 13.8 Å². The molecule has 0 aliphatic heterocycles. The molecule has 0 fully saturated rings. The van der Waals surface area contributed by atoms with Crippen LogP contribution in [0.25, 0.3) is 0 Å². The van der Waals surface area contributed by atoms with Crippen molar-refractivity contribution in [3.63, 3.8) is 0 Å². The fourth-order valence-electron chi connectivity index (χ4n) is 2.63. The minimum Gasteiger partial charge on any atom is -0.481 e. The van der Waals surface area contributed by atoms with Crippen LogP contribution < -0.4 is 5.32 Å². The third kappa shape index (κ3) is 5.58. The minimum atomic E-state index is -0.886. The number of rotatable bonds is 6. The number of benzene rings is 2. The summed E-state index contributed by atoms with van der Waals surface area (Å²) < 4.78 is 0. The Kier molecular flexibility index (Phi) is 5.52. The lowest BCUT2D eigenvalue weighted by Crippen LogP contribution is -2.12. The molecule has 2 rings (SSSR count). The standard InChI is InChI=1S/C19H21NO3/c1-13-8-14(2)10-16(9-13)6-7-18(21)20-17-5-3-4-15(11-17)12-19(22)23/h3-5,8-11H,6-7,12H2,1-2H3,(H,20,21)(H,22,23). The Bertz CT molecular complexity index is 702. The molecule has 4 nitrogen and oxygen atoms in total. The molecular formula is C19H21NO3. The van der Waals surface area contributed by atoms with Crippen LogP contribution in [0.1, 0.15) is 28.7 Å². The van der Waals surface area contributed by atoms with Crippen LogP contribution in [0.4, 0.5) is 5.69 Å². The summed E-state index contributed by atoms with van der Waals surface area (Å²) in [5, 5.41) is 11.6. The molecule has 2 N–H and O–H groups in total. The van der Waals surface area contributed by atoms with Crippen molar-refractivity contribution in [2.45, 2.75) is 33.1 Å². The molecule has 4 heteroatoms. The van der Waals surface area contributed by atoms with E-state index in [0.29, 0.717) is 24.1 Å². The molecule has 0 aliphatic carbocycles. The zero-order chi connectivity index (χ0) is 16.8. The predicted molar refractivity (Wildman–Crippen MR) is 90.6 cm³/mol. The summed E-state index contributed by atoms with van der Waals surface area (Å²) >= 11 is 0. The van der Waals surface area contributed by atoms with Gasteiger partial charge in [-0.25, -0.2) is 0 Å². The first-order valence-corrected chi connectivity index (χ1v) is 7.60. The molecule has 0 radical (unpaired) electrons. The van der Waals surface area contributed by atoms with Crippen molar-refractivity contribution in [2.24, 2.45) is 0 Å². The van der Waals surface area contributed by atoms with Gasteiger partial charge in [-0.15, -0.1) is 0 Å². The minimum absolute atomic E-state index is 0.0493. The zero-order valence-electron chi connectivity index (χ0n) is 13.4. The molecule has 0 bridgehead atoms. The number of aryl methyl sites for hydroxylation is 3. The first-order chi connectivity index (χ1) is 10.9. The summed E-state index contributed by atoms with van der Waals surface area (Å²) in [7, 11) is 0. The van der Waals surface area contributed by atoms with Gasteiger partial charge >= 0.3 is 5.97 Å². The molecule has 120 valence electrons. The van der Waals surface area contributed by atoms with Gasteiger partial charge in [-0.2, -0.15) is 0 Å². The second-order valence-electron chi connectivity index (χ2n) is 5.82. The van der Waals surface area contributed by atoms with E-state index in [1.54, 1.807) is 24.3 Å². The van der Waals surface area contributed by atoms with Crippen molar-refractivity contribution in [1.82, 2.24) is 0 Å². The Hall–Kier alpha value is -2.62. The molecule has 0 spiro atoms. The van der Waals surface area contributed by atoms with Gasteiger partial charge in [-0.1, -0.05) is 41.5 Å². The summed E-state index contributed by atoms with van der Waals surface area (Å²) in [4.78, 5) is 22.8. The van der Waals surface area contributed by atoms with Crippen LogP contribution in [0.3, 0.4) is 0 Å². The topological polar surface area (TPSA) is 66.4 Å². The number of carboxylic acids is 1. The normalized spacial score (nSPS) is 10.3. The number of nitrogens with one attached hydrogen (secondary N) is 1. The maximum atomic E-state index is 12.1. The molecule has 1 amide bonds.